The molecule has 0 fully saturated rings. The van der Waals surface area contributed by atoms with E-state index in [4.69, 9.17) is 0 Å². The number of aryl methyl sites for hydroxylation is 3. The van der Waals surface area contributed by atoms with E-state index in [2.05, 4.69) is 15.3 Å². The summed E-state index contributed by atoms with van der Waals surface area (Å²) in [5.74, 6) is -0.151. The van der Waals surface area contributed by atoms with Crippen LogP contribution in [0.3, 0.4) is 0 Å². The number of nitrogens with zero attached hydrogens (tertiary/aromatic N) is 1. The van der Waals surface area contributed by atoms with Gasteiger partial charge in [0.1, 0.15) is 5.75 Å². The van der Waals surface area contributed by atoms with Crippen LogP contribution in [0.1, 0.15) is 32.6 Å². The molecule has 2 rings (SSSR count). The van der Waals surface area contributed by atoms with Gasteiger partial charge in [-0.15, -0.1) is 0 Å². The first-order chi connectivity index (χ1) is 11.4. The lowest BCUT2D eigenvalue weighted by Gasteiger charge is -2.11. The SMILES string of the molecule is Cc1ccccc1C(=O)N/N=C\c1cc(C)c(OC(F)F)c(C)c1. The highest BCUT2D eigenvalue weighted by Gasteiger charge is 2.11. The van der Waals surface area contributed by atoms with Crippen LogP contribution in [-0.4, -0.2) is 18.7 Å². The average molecular weight is 332 g/mol. The fraction of sp³-hybridized carbons (Fsp3) is 0.222. The molecular weight excluding hydrogens is 314 g/mol. The molecule has 0 aliphatic rings. The summed E-state index contributed by atoms with van der Waals surface area (Å²) in [4.78, 5) is 12.0. The van der Waals surface area contributed by atoms with Gasteiger partial charge < -0.3 is 4.74 Å². The van der Waals surface area contributed by atoms with Gasteiger partial charge >= 0.3 is 6.61 Å². The first-order valence-electron chi connectivity index (χ1n) is 7.33. The first-order valence-corrected chi connectivity index (χ1v) is 7.33. The summed E-state index contributed by atoms with van der Waals surface area (Å²) in [6.07, 6.45) is 1.46. The van der Waals surface area contributed by atoms with E-state index in [1.54, 1.807) is 38.1 Å². The minimum atomic E-state index is -2.87. The molecule has 0 atom stereocenters. The minimum absolute atomic E-state index is 0.158. The second kappa shape index (κ2) is 7.68. The molecule has 2 aromatic carbocycles. The van der Waals surface area contributed by atoms with Gasteiger partial charge in [-0.3, -0.25) is 4.79 Å². The molecule has 0 radical (unpaired) electrons. The first kappa shape index (κ1) is 17.6. The second-order valence-electron chi connectivity index (χ2n) is 5.38. The summed E-state index contributed by atoms with van der Waals surface area (Å²) in [6.45, 7) is 2.32. The molecule has 2 aromatic rings. The number of alkyl halides is 2. The highest BCUT2D eigenvalue weighted by atomic mass is 19.3. The molecule has 0 spiro atoms. The van der Waals surface area contributed by atoms with Crippen molar-refractivity contribution in [1.29, 1.82) is 0 Å². The van der Waals surface area contributed by atoms with Crippen molar-refractivity contribution in [3.8, 4) is 5.75 Å². The lowest BCUT2D eigenvalue weighted by Crippen LogP contribution is -2.18. The zero-order chi connectivity index (χ0) is 17.7. The normalized spacial score (nSPS) is 11.1. The van der Waals surface area contributed by atoms with Crippen LogP contribution < -0.4 is 10.2 Å². The number of carbonyl (C=O) groups excluding carboxylic acids is 1. The number of hydrogen-bond donors (Lipinski definition) is 1. The van der Waals surface area contributed by atoms with Crippen LogP contribution in [0.25, 0.3) is 0 Å². The molecule has 4 nitrogen and oxygen atoms in total. The number of hydrogen-bond acceptors (Lipinski definition) is 3. The van der Waals surface area contributed by atoms with Gasteiger partial charge in [0.2, 0.25) is 0 Å². The van der Waals surface area contributed by atoms with Gasteiger partial charge in [-0.2, -0.15) is 13.9 Å². The molecule has 0 saturated carbocycles. The van der Waals surface area contributed by atoms with Crippen LogP contribution in [0.15, 0.2) is 41.5 Å². The molecule has 0 saturated heterocycles. The monoisotopic (exact) mass is 332 g/mol. The average Bonchev–Trinajstić information content (AvgIpc) is 2.51. The number of ether oxygens (including phenoxy) is 1. The van der Waals surface area contributed by atoms with E-state index in [1.165, 1.54) is 6.21 Å². The number of benzene rings is 2. The fourth-order valence-electron chi connectivity index (χ4n) is 2.39. The van der Waals surface area contributed by atoms with E-state index in [1.807, 2.05) is 19.1 Å². The molecule has 0 unspecified atom stereocenters. The number of nitrogens with one attached hydrogen (secondary N) is 1. The standard InChI is InChI=1S/C18H18F2N2O2/c1-11-6-4-5-7-15(11)17(23)22-21-10-14-8-12(2)16(13(3)9-14)24-18(19)20/h4-10,18H,1-3H3,(H,22,23)/b21-10-. The molecule has 0 aliphatic carbocycles. The zero-order valence-electron chi connectivity index (χ0n) is 13.6. The molecule has 1 amide bonds. The summed E-state index contributed by atoms with van der Waals surface area (Å²) in [6, 6.07) is 10.5. The molecular formula is C18H18F2N2O2. The Hall–Kier alpha value is -2.76. The highest BCUT2D eigenvalue weighted by molar-refractivity contribution is 5.96. The van der Waals surface area contributed by atoms with Crippen LogP contribution in [0.4, 0.5) is 8.78 Å². The molecule has 24 heavy (non-hydrogen) atoms. The Morgan fingerprint density at radius 2 is 1.75 bits per heavy atom. The quantitative estimate of drug-likeness (QED) is 0.665. The Morgan fingerprint density at radius 3 is 2.33 bits per heavy atom. The summed E-state index contributed by atoms with van der Waals surface area (Å²) in [5.41, 5.74) is 5.67. The van der Waals surface area contributed by atoms with Crippen molar-refractivity contribution in [2.24, 2.45) is 5.10 Å². The van der Waals surface area contributed by atoms with Crippen LogP contribution >= 0.6 is 0 Å². The summed E-state index contributed by atoms with van der Waals surface area (Å²) in [7, 11) is 0. The Labute approximate surface area is 139 Å². The van der Waals surface area contributed by atoms with E-state index in [0.717, 1.165) is 5.56 Å². The van der Waals surface area contributed by atoms with Gasteiger partial charge in [-0.05, 0) is 61.2 Å². The minimum Gasteiger partial charge on any atom is -0.434 e. The molecule has 0 bridgehead atoms. The number of amides is 1. The maximum Gasteiger partial charge on any atom is 0.387 e. The van der Waals surface area contributed by atoms with E-state index in [0.29, 0.717) is 22.3 Å². The van der Waals surface area contributed by atoms with Gasteiger partial charge in [-0.25, -0.2) is 5.43 Å². The van der Waals surface area contributed by atoms with Gasteiger partial charge in [0, 0.05) is 5.56 Å². The van der Waals surface area contributed by atoms with Crippen molar-refractivity contribution in [3.63, 3.8) is 0 Å². The second-order valence-corrected chi connectivity index (χ2v) is 5.38. The lowest BCUT2D eigenvalue weighted by molar-refractivity contribution is -0.0507. The number of halogens is 2. The van der Waals surface area contributed by atoms with Crippen LogP contribution in [0.5, 0.6) is 5.75 Å². The van der Waals surface area contributed by atoms with Gasteiger partial charge in [0.25, 0.3) is 5.91 Å². The maximum atomic E-state index is 12.4. The highest BCUT2D eigenvalue weighted by Crippen LogP contribution is 2.25. The van der Waals surface area contributed by atoms with E-state index in [9.17, 15) is 13.6 Å². The largest absolute Gasteiger partial charge is 0.434 e. The number of rotatable bonds is 5. The lowest BCUT2D eigenvalue weighted by atomic mass is 10.1. The third-order valence-corrected chi connectivity index (χ3v) is 3.46. The predicted molar refractivity (Wildman–Crippen MR) is 88.8 cm³/mol. The molecule has 0 aliphatic heterocycles. The van der Waals surface area contributed by atoms with Crippen LogP contribution in [-0.2, 0) is 0 Å². The third-order valence-electron chi connectivity index (χ3n) is 3.46. The Kier molecular flexibility index (Phi) is 5.63. The number of carbonyl (C=O) groups is 1. The van der Waals surface area contributed by atoms with Crippen molar-refractivity contribution < 1.29 is 18.3 Å². The Morgan fingerprint density at radius 1 is 1.12 bits per heavy atom. The summed E-state index contributed by atoms with van der Waals surface area (Å²) in [5, 5.41) is 3.92. The summed E-state index contributed by atoms with van der Waals surface area (Å²) < 4.78 is 29.2. The van der Waals surface area contributed by atoms with Gasteiger partial charge in [0.05, 0.1) is 6.21 Å². The smallest absolute Gasteiger partial charge is 0.387 e. The number of hydrazone groups is 1. The Bertz CT molecular complexity index is 750. The topological polar surface area (TPSA) is 50.7 Å². The van der Waals surface area contributed by atoms with Gasteiger partial charge in [0.15, 0.2) is 0 Å². The predicted octanol–water partition coefficient (Wildman–Crippen LogP) is 3.98. The molecule has 1 N–H and O–H groups in total. The van der Waals surface area contributed by atoms with E-state index in [-0.39, 0.29) is 11.7 Å². The fourth-order valence-corrected chi connectivity index (χ4v) is 2.39. The van der Waals surface area contributed by atoms with E-state index < -0.39 is 6.61 Å². The molecule has 0 aromatic heterocycles. The van der Waals surface area contributed by atoms with Crippen molar-refractivity contribution in [2.45, 2.75) is 27.4 Å². The van der Waals surface area contributed by atoms with Crippen LogP contribution in [0.2, 0.25) is 0 Å². The van der Waals surface area contributed by atoms with E-state index >= 15 is 0 Å². The molecule has 126 valence electrons. The third kappa shape index (κ3) is 4.38. The van der Waals surface area contributed by atoms with Crippen molar-refractivity contribution in [3.05, 3.63) is 64.2 Å². The van der Waals surface area contributed by atoms with Crippen molar-refractivity contribution in [2.75, 3.05) is 0 Å². The molecule has 0 heterocycles. The van der Waals surface area contributed by atoms with Crippen LogP contribution in [0, 0.1) is 20.8 Å². The maximum absolute atomic E-state index is 12.4. The van der Waals surface area contributed by atoms with Gasteiger partial charge in [-0.1, -0.05) is 18.2 Å². The van der Waals surface area contributed by atoms with Crippen molar-refractivity contribution in [1.82, 2.24) is 5.43 Å². The Balaban J connectivity index is 2.10. The summed E-state index contributed by atoms with van der Waals surface area (Å²) >= 11 is 0. The van der Waals surface area contributed by atoms with Crippen molar-refractivity contribution >= 4 is 12.1 Å². The zero-order valence-corrected chi connectivity index (χ0v) is 13.6. The molecule has 6 heteroatoms.